The molecule has 160 valence electrons. The molecule has 0 atom stereocenters. The fraction of sp³-hybridized carbons (Fsp3) is 0.375. The number of rotatable bonds is 3. The number of likely N-dealkylation sites (tertiary alicyclic amines) is 1. The molecule has 4 aromatic rings. The lowest BCUT2D eigenvalue weighted by Gasteiger charge is -2.36. The number of aryl methyl sites for hydroxylation is 2. The zero-order valence-electron chi connectivity index (χ0n) is 18.0. The highest BCUT2D eigenvalue weighted by atomic mass is 19.1. The molecule has 3 aromatic heterocycles. The first-order valence-electron chi connectivity index (χ1n) is 10.7. The molecule has 0 N–H and O–H groups in total. The van der Waals surface area contributed by atoms with Crippen molar-refractivity contribution in [2.75, 3.05) is 19.6 Å². The van der Waals surface area contributed by atoms with Crippen LogP contribution in [0.5, 0.6) is 0 Å². The van der Waals surface area contributed by atoms with Gasteiger partial charge in [0.15, 0.2) is 5.65 Å². The Morgan fingerprint density at radius 3 is 2.65 bits per heavy atom. The van der Waals surface area contributed by atoms with E-state index in [4.69, 9.17) is 4.42 Å². The van der Waals surface area contributed by atoms with Gasteiger partial charge in [-0.1, -0.05) is 19.1 Å². The molecule has 0 unspecified atom stereocenters. The zero-order chi connectivity index (χ0) is 21.8. The highest BCUT2D eigenvalue weighted by molar-refractivity contribution is 5.82. The van der Waals surface area contributed by atoms with Crippen LogP contribution in [0.25, 0.3) is 27.9 Å². The predicted molar refractivity (Wildman–Crippen MR) is 118 cm³/mol. The Balaban J connectivity index is 1.54. The van der Waals surface area contributed by atoms with Gasteiger partial charge in [0.2, 0.25) is 0 Å². The minimum absolute atomic E-state index is 0.382. The SMILES string of the molecule is CCN1CCC(F)(c2ccc3cc(-c4cn5cc(C)nc(C)c5n4)c(=O)oc3c2)CC1. The Bertz CT molecular complexity index is 1350. The molecule has 5 rings (SSSR count). The number of hydrogen-bond acceptors (Lipinski definition) is 5. The van der Waals surface area contributed by atoms with Gasteiger partial charge in [0.05, 0.1) is 22.6 Å². The third kappa shape index (κ3) is 3.43. The number of hydrogen-bond donors (Lipinski definition) is 0. The summed E-state index contributed by atoms with van der Waals surface area (Å²) in [5.41, 5.74) is 2.39. The molecule has 31 heavy (non-hydrogen) atoms. The number of imidazole rings is 1. The Morgan fingerprint density at radius 1 is 1.13 bits per heavy atom. The van der Waals surface area contributed by atoms with Gasteiger partial charge in [-0.3, -0.25) is 4.98 Å². The average Bonchev–Trinajstić information content (AvgIpc) is 3.17. The normalized spacial score (nSPS) is 16.9. The maximum absolute atomic E-state index is 15.6. The van der Waals surface area contributed by atoms with Gasteiger partial charge in [0.25, 0.3) is 0 Å². The van der Waals surface area contributed by atoms with E-state index in [-0.39, 0.29) is 0 Å². The molecule has 4 heterocycles. The molecule has 1 aliphatic heterocycles. The average molecular weight is 420 g/mol. The molecule has 1 aromatic carbocycles. The Labute approximate surface area is 179 Å². The Hall–Kier alpha value is -3.06. The number of alkyl halides is 1. The van der Waals surface area contributed by atoms with Crippen LogP contribution in [0, 0.1) is 13.8 Å². The lowest BCUT2D eigenvalue weighted by Crippen LogP contribution is -2.40. The molecule has 1 fully saturated rings. The Morgan fingerprint density at radius 2 is 1.90 bits per heavy atom. The van der Waals surface area contributed by atoms with Crippen molar-refractivity contribution in [3.63, 3.8) is 0 Å². The second kappa shape index (κ2) is 7.27. The summed E-state index contributed by atoms with van der Waals surface area (Å²) in [5.74, 6) is 0. The summed E-state index contributed by atoms with van der Waals surface area (Å²) in [6.45, 7) is 8.30. The van der Waals surface area contributed by atoms with Crippen molar-refractivity contribution in [2.45, 2.75) is 39.3 Å². The molecule has 1 aliphatic rings. The summed E-state index contributed by atoms with van der Waals surface area (Å²) in [6, 6.07) is 7.10. The predicted octanol–water partition coefficient (Wildman–Crippen LogP) is 4.40. The minimum atomic E-state index is -1.39. The fourth-order valence-electron chi connectivity index (χ4n) is 4.52. The van der Waals surface area contributed by atoms with Crippen LogP contribution in [0.1, 0.15) is 36.7 Å². The third-order valence-electron chi connectivity index (χ3n) is 6.35. The van der Waals surface area contributed by atoms with Crippen molar-refractivity contribution in [2.24, 2.45) is 0 Å². The number of aromatic nitrogens is 3. The standard InChI is InChI=1S/C24H25FN4O2/c1-4-28-9-7-24(25,8-10-28)18-6-5-17-11-19(23(30)31-21(17)12-18)20-14-29-13-15(2)26-16(3)22(29)27-20/h5-6,11-14H,4,7-10H2,1-3H3. The van der Waals surface area contributed by atoms with Gasteiger partial charge in [0.1, 0.15) is 11.3 Å². The second-order valence-electron chi connectivity index (χ2n) is 8.42. The van der Waals surface area contributed by atoms with E-state index in [9.17, 15) is 4.79 Å². The van der Waals surface area contributed by atoms with E-state index in [2.05, 4.69) is 21.8 Å². The van der Waals surface area contributed by atoms with Gasteiger partial charge in [-0.05, 0) is 50.9 Å². The van der Waals surface area contributed by atoms with Gasteiger partial charge < -0.3 is 13.7 Å². The molecule has 7 heteroatoms. The number of piperidine rings is 1. The fourth-order valence-corrected chi connectivity index (χ4v) is 4.52. The van der Waals surface area contributed by atoms with Crippen molar-refractivity contribution in [1.82, 2.24) is 19.3 Å². The molecule has 0 bridgehead atoms. The maximum atomic E-state index is 15.6. The van der Waals surface area contributed by atoms with E-state index in [0.29, 0.717) is 40.9 Å². The lowest BCUT2D eigenvalue weighted by molar-refractivity contribution is 0.0585. The zero-order valence-corrected chi connectivity index (χ0v) is 18.0. The van der Waals surface area contributed by atoms with E-state index in [0.717, 1.165) is 36.4 Å². The van der Waals surface area contributed by atoms with E-state index in [1.807, 2.05) is 42.8 Å². The summed E-state index contributed by atoms with van der Waals surface area (Å²) in [4.78, 5) is 24.0. The first kappa shape index (κ1) is 19.9. The van der Waals surface area contributed by atoms with Crippen LogP contribution in [0.15, 0.2) is 45.9 Å². The van der Waals surface area contributed by atoms with Crippen LogP contribution in [0.2, 0.25) is 0 Å². The van der Waals surface area contributed by atoms with Crippen molar-refractivity contribution < 1.29 is 8.81 Å². The molecule has 0 radical (unpaired) electrons. The number of nitrogens with zero attached hydrogens (tertiary/aromatic N) is 4. The van der Waals surface area contributed by atoms with Crippen LogP contribution in [-0.4, -0.2) is 38.9 Å². The van der Waals surface area contributed by atoms with Crippen LogP contribution < -0.4 is 5.63 Å². The summed E-state index contributed by atoms with van der Waals surface area (Å²) >= 11 is 0. The summed E-state index contributed by atoms with van der Waals surface area (Å²) < 4.78 is 23.1. The van der Waals surface area contributed by atoms with E-state index < -0.39 is 11.3 Å². The molecule has 6 nitrogen and oxygen atoms in total. The van der Waals surface area contributed by atoms with Gasteiger partial charge in [0, 0.05) is 30.9 Å². The van der Waals surface area contributed by atoms with E-state index >= 15 is 4.39 Å². The van der Waals surface area contributed by atoms with Gasteiger partial charge in [-0.25, -0.2) is 14.2 Å². The van der Waals surface area contributed by atoms with Crippen LogP contribution >= 0.6 is 0 Å². The molecule has 0 amide bonds. The smallest absolute Gasteiger partial charge is 0.345 e. The first-order chi connectivity index (χ1) is 14.9. The molecule has 1 saturated heterocycles. The second-order valence-corrected chi connectivity index (χ2v) is 8.42. The minimum Gasteiger partial charge on any atom is -0.422 e. The monoisotopic (exact) mass is 420 g/mol. The summed E-state index contributed by atoms with van der Waals surface area (Å²) in [7, 11) is 0. The van der Waals surface area contributed by atoms with Crippen molar-refractivity contribution in [3.8, 4) is 11.3 Å². The third-order valence-corrected chi connectivity index (χ3v) is 6.35. The largest absolute Gasteiger partial charge is 0.422 e. The van der Waals surface area contributed by atoms with Crippen molar-refractivity contribution in [3.05, 3.63) is 64.0 Å². The van der Waals surface area contributed by atoms with Gasteiger partial charge in [-0.15, -0.1) is 0 Å². The number of benzene rings is 1. The molecular formula is C24H25FN4O2. The van der Waals surface area contributed by atoms with Crippen molar-refractivity contribution in [1.29, 1.82) is 0 Å². The highest BCUT2D eigenvalue weighted by Crippen LogP contribution is 2.38. The molecular weight excluding hydrogens is 395 g/mol. The van der Waals surface area contributed by atoms with Crippen LogP contribution in [0.3, 0.4) is 0 Å². The number of halogens is 1. The maximum Gasteiger partial charge on any atom is 0.345 e. The summed E-state index contributed by atoms with van der Waals surface area (Å²) in [6.07, 6.45) is 4.57. The number of fused-ring (bicyclic) bond motifs is 2. The van der Waals surface area contributed by atoms with E-state index in [1.54, 1.807) is 12.1 Å². The highest BCUT2D eigenvalue weighted by Gasteiger charge is 2.36. The molecule has 0 saturated carbocycles. The summed E-state index contributed by atoms with van der Waals surface area (Å²) in [5, 5.41) is 0.746. The van der Waals surface area contributed by atoms with Gasteiger partial charge >= 0.3 is 5.63 Å². The quantitative estimate of drug-likeness (QED) is 0.460. The Kier molecular flexibility index (Phi) is 4.66. The van der Waals surface area contributed by atoms with E-state index in [1.165, 1.54) is 0 Å². The first-order valence-corrected chi connectivity index (χ1v) is 10.7. The lowest BCUT2D eigenvalue weighted by atomic mass is 9.86. The van der Waals surface area contributed by atoms with Gasteiger partial charge in [-0.2, -0.15) is 0 Å². The van der Waals surface area contributed by atoms with Crippen molar-refractivity contribution >= 4 is 16.6 Å². The molecule has 0 spiro atoms. The van der Waals surface area contributed by atoms with Crippen LogP contribution in [-0.2, 0) is 5.67 Å². The molecule has 0 aliphatic carbocycles. The topological polar surface area (TPSA) is 63.6 Å². The van der Waals surface area contributed by atoms with Crippen LogP contribution in [0.4, 0.5) is 4.39 Å².